The Morgan fingerprint density at radius 3 is 2.39 bits per heavy atom. The van der Waals surface area contributed by atoms with Crippen molar-refractivity contribution in [3.63, 3.8) is 0 Å². The van der Waals surface area contributed by atoms with Crippen LogP contribution in [0.2, 0.25) is 0 Å². The molecule has 0 aliphatic carbocycles. The number of methoxy groups -OCH3 is 2. The lowest BCUT2D eigenvalue weighted by atomic mass is 10.1. The minimum atomic E-state index is 0. The van der Waals surface area contributed by atoms with Gasteiger partial charge in [-0.15, -0.1) is 24.0 Å². The predicted octanol–water partition coefficient (Wildman–Crippen LogP) is 2.13. The van der Waals surface area contributed by atoms with Crippen molar-refractivity contribution in [2.45, 2.75) is 20.4 Å². The monoisotopic (exact) mass is 547 g/mol. The number of carbonyl (C=O) groups is 1. The normalized spacial score (nSPS) is 14.8. The molecule has 176 valence electrons. The Hall–Kier alpha value is -1.75. The highest BCUT2D eigenvalue weighted by molar-refractivity contribution is 14.0. The van der Waals surface area contributed by atoms with Gasteiger partial charge in [0.25, 0.3) is 0 Å². The van der Waals surface area contributed by atoms with Crippen molar-refractivity contribution in [1.82, 2.24) is 20.0 Å². The number of hydrogen-bond acceptors (Lipinski definition) is 5. The number of nitrogens with zero attached hydrogens (tertiary/aromatic N) is 4. The molecule has 1 aliphatic heterocycles. The fourth-order valence-electron chi connectivity index (χ4n) is 3.21. The van der Waals surface area contributed by atoms with Gasteiger partial charge in [-0.25, -0.2) is 4.99 Å². The highest BCUT2D eigenvalue weighted by Gasteiger charge is 2.21. The van der Waals surface area contributed by atoms with Crippen LogP contribution in [0.4, 0.5) is 0 Å². The summed E-state index contributed by atoms with van der Waals surface area (Å²) in [5.74, 6) is 3.03. The summed E-state index contributed by atoms with van der Waals surface area (Å²) >= 11 is 0. The molecule has 1 aromatic carbocycles. The van der Waals surface area contributed by atoms with Gasteiger partial charge >= 0.3 is 0 Å². The highest BCUT2D eigenvalue weighted by atomic mass is 127. The molecule has 1 amide bonds. The Labute approximate surface area is 204 Å². The van der Waals surface area contributed by atoms with Crippen molar-refractivity contribution in [1.29, 1.82) is 0 Å². The second kappa shape index (κ2) is 13.6. The van der Waals surface area contributed by atoms with Gasteiger partial charge in [0.05, 0.1) is 14.2 Å². The van der Waals surface area contributed by atoms with Crippen LogP contribution in [0.1, 0.15) is 19.4 Å². The van der Waals surface area contributed by atoms with Gasteiger partial charge in [0.1, 0.15) is 18.0 Å². The predicted molar refractivity (Wildman–Crippen MR) is 136 cm³/mol. The molecule has 1 heterocycles. The zero-order chi connectivity index (χ0) is 22.1. The third-order valence-electron chi connectivity index (χ3n) is 5.08. The van der Waals surface area contributed by atoms with E-state index in [-0.39, 0.29) is 36.4 Å². The fraction of sp³-hybridized carbons (Fsp3) is 0.636. The average molecular weight is 547 g/mol. The first-order valence-electron chi connectivity index (χ1n) is 10.5. The number of nitrogens with one attached hydrogen (secondary N) is 1. The van der Waals surface area contributed by atoms with Gasteiger partial charge in [-0.1, -0.05) is 13.8 Å². The van der Waals surface area contributed by atoms with Crippen LogP contribution in [0.3, 0.4) is 0 Å². The molecular formula is C22H38IN5O3. The molecule has 9 heteroatoms. The van der Waals surface area contributed by atoms with Gasteiger partial charge in [0.15, 0.2) is 5.96 Å². The third-order valence-corrected chi connectivity index (χ3v) is 5.08. The number of halogens is 1. The molecule has 2 rings (SSSR count). The van der Waals surface area contributed by atoms with E-state index in [1.165, 1.54) is 0 Å². The molecule has 1 N–H and O–H groups in total. The van der Waals surface area contributed by atoms with E-state index >= 15 is 0 Å². The summed E-state index contributed by atoms with van der Waals surface area (Å²) in [7, 11) is 6.88. The standard InChI is InChI=1S/C22H37N5O3.HI/c1-17(2)14-23-22(24-15-21(28)25(3)4)27-11-9-26(10-12-27)16-18-13-19(29-5)7-8-20(18)30-6;/h7-8,13,17H,9-12,14-16H2,1-6H3,(H,23,24);1H. The van der Waals surface area contributed by atoms with E-state index < -0.39 is 0 Å². The van der Waals surface area contributed by atoms with E-state index in [4.69, 9.17) is 9.47 Å². The second-order valence-electron chi connectivity index (χ2n) is 8.14. The Kier molecular flexibility index (Phi) is 12.0. The quantitative estimate of drug-likeness (QED) is 0.306. The molecule has 0 radical (unpaired) electrons. The van der Waals surface area contributed by atoms with Gasteiger partial charge in [0.2, 0.25) is 5.91 Å². The molecule has 8 nitrogen and oxygen atoms in total. The number of rotatable bonds is 8. The fourth-order valence-corrected chi connectivity index (χ4v) is 3.21. The molecule has 0 spiro atoms. The maximum absolute atomic E-state index is 12.0. The Morgan fingerprint density at radius 2 is 1.84 bits per heavy atom. The van der Waals surface area contributed by atoms with E-state index in [9.17, 15) is 4.79 Å². The van der Waals surface area contributed by atoms with Crippen LogP contribution in [0, 0.1) is 5.92 Å². The van der Waals surface area contributed by atoms with Crippen LogP contribution in [0.5, 0.6) is 11.5 Å². The lowest BCUT2D eigenvalue weighted by Gasteiger charge is -2.37. The maximum Gasteiger partial charge on any atom is 0.243 e. The van der Waals surface area contributed by atoms with Crippen molar-refractivity contribution in [3.05, 3.63) is 23.8 Å². The van der Waals surface area contributed by atoms with Crippen LogP contribution < -0.4 is 14.8 Å². The largest absolute Gasteiger partial charge is 0.497 e. The number of guanidine groups is 1. The zero-order valence-corrected chi connectivity index (χ0v) is 22.0. The first-order valence-corrected chi connectivity index (χ1v) is 10.5. The number of piperazine rings is 1. The van der Waals surface area contributed by atoms with Gasteiger partial charge in [0, 0.05) is 58.9 Å². The van der Waals surface area contributed by atoms with Crippen LogP contribution in [-0.2, 0) is 11.3 Å². The van der Waals surface area contributed by atoms with Crippen LogP contribution in [0.25, 0.3) is 0 Å². The molecule has 0 atom stereocenters. The first kappa shape index (κ1) is 27.3. The topological polar surface area (TPSA) is 69.6 Å². The Balaban J connectivity index is 0.00000480. The molecule has 1 aromatic rings. The third kappa shape index (κ3) is 8.72. The van der Waals surface area contributed by atoms with E-state index in [1.54, 1.807) is 33.2 Å². The summed E-state index contributed by atoms with van der Waals surface area (Å²) in [6, 6.07) is 5.90. The summed E-state index contributed by atoms with van der Waals surface area (Å²) in [4.78, 5) is 22.8. The Morgan fingerprint density at radius 1 is 1.16 bits per heavy atom. The van der Waals surface area contributed by atoms with Gasteiger partial charge in [-0.05, 0) is 24.1 Å². The van der Waals surface area contributed by atoms with Crippen molar-refractivity contribution in [2.24, 2.45) is 10.9 Å². The van der Waals surface area contributed by atoms with Gasteiger partial charge < -0.3 is 24.6 Å². The molecule has 31 heavy (non-hydrogen) atoms. The van der Waals surface area contributed by atoms with Crippen LogP contribution >= 0.6 is 24.0 Å². The minimum absolute atomic E-state index is 0. The van der Waals surface area contributed by atoms with Gasteiger partial charge in [-0.3, -0.25) is 9.69 Å². The molecule has 1 saturated heterocycles. The van der Waals surface area contributed by atoms with E-state index in [0.717, 1.165) is 62.3 Å². The molecule has 0 bridgehead atoms. The summed E-state index contributed by atoms with van der Waals surface area (Å²) in [6.07, 6.45) is 0. The smallest absolute Gasteiger partial charge is 0.243 e. The molecule has 1 aliphatic rings. The molecule has 0 unspecified atom stereocenters. The van der Waals surface area contributed by atoms with Crippen LogP contribution in [-0.4, -0.2) is 94.1 Å². The second-order valence-corrected chi connectivity index (χ2v) is 8.14. The van der Waals surface area contributed by atoms with Crippen molar-refractivity contribution < 1.29 is 14.3 Å². The maximum atomic E-state index is 12.0. The SMILES string of the molecule is COc1ccc(OC)c(CN2CCN(C(=NCC(=O)N(C)C)NCC(C)C)CC2)c1.I. The van der Waals surface area contributed by atoms with Gasteiger partial charge in [-0.2, -0.15) is 0 Å². The van der Waals surface area contributed by atoms with Crippen molar-refractivity contribution >= 4 is 35.8 Å². The van der Waals surface area contributed by atoms with E-state index in [2.05, 4.69) is 34.0 Å². The summed E-state index contributed by atoms with van der Waals surface area (Å²) in [5, 5.41) is 3.43. The number of hydrogen-bond donors (Lipinski definition) is 1. The lowest BCUT2D eigenvalue weighted by molar-refractivity contribution is -0.127. The van der Waals surface area contributed by atoms with Crippen molar-refractivity contribution in [3.8, 4) is 11.5 Å². The number of benzene rings is 1. The number of carbonyl (C=O) groups excluding carboxylic acids is 1. The number of aliphatic imine (C=N–C) groups is 1. The highest BCUT2D eigenvalue weighted by Crippen LogP contribution is 2.25. The molecular weight excluding hydrogens is 509 g/mol. The van der Waals surface area contributed by atoms with Crippen LogP contribution in [0.15, 0.2) is 23.2 Å². The number of amides is 1. The first-order chi connectivity index (χ1) is 14.3. The lowest BCUT2D eigenvalue weighted by Crippen LogP contribution is -2.52. The number of likely N-dealkylation sites (N-methyl/N-ethyl adjacent to an activating group) is 1. The summed E-state index contributed by atoms with van der Waals surface area (Å²) in [6.45, 7) is 9.64. The van der Waals surface area contributed by atoms with E-state index in [1.807, 2.05) is 18.2 Å². The van der Waals surface area contributed by atoms with Crippen molar-refractivity contribution in [2.75, 3.05) is 67.6 Å². The van der Waals surface area contributed by atoms with E-state index in [0.29, 0.717) is 5.92 Å². The molecule has 0 aromatic heterocycles. The summed E-state index contributed by atoms with van der Waals surface area (Å²) < 4.78 is 10.9. The minimum Gasteiger partial charge on any atom is -0.497 e. The summed E-state index contributed by atoms with van der Waals surface area (Å²) in [5.41, 5.74) is 1.12. The molecule has 0 saturated carbocycles. The zero-order valence-electron chi connectivity index (χ0n) is 19.7. The molecule has 1 fully saturated rings. The number of ether oxygens (including phenoxy) is 2. The Bertz CT molecular complexity index is 719. The average Bonchev–Trinajstić information content (AvgIpc) is 2.74.